The lowest BCUT2D eigenvalue weighted by atomic mass is 10.1. The van der Waals surface area contributed by atoms with E-state index >= 15 is 0 Å². The predicted octanol–water partition coefficient (Wildman–Crippen LogP) is 3.55. The van der Waals surface area contributed by atoms with Gasteiger partial charge in [-0.3, -0.25) is 0 Å². The maximum absolute atomic E-state index is 14.9. The smallest absolute Gasteiger partial charge is 0.156 e. The van der Waals surface area contributed by atoms with E-state index in [1.165, 1.54) is 6.07 Å². The first-order valence-corrected chi connectivity index (χ1v) is 9.95. The van der Waals surface area contributed by atoms with Gasteiger partial charge in [0.1, 0.15) is 11.0 Å². The Morgan fingerprint density at radius 2 is 1.90 bits per heavy atom. The molecule has 0 aliphatic heterocycles. The number of halogens is 1. The number of aryl methyl sites for hydroxylation is 2. The van der Waals surface area contributed by atoms with E-state index in [4.69, 9.17) is 0 Å². The van der Waals surface area contributed by atoms with Crippen LogP contribution in [-0.2, 0) is 0 Å². The first-order valence-electron chi connectivity index (χ1n) is 9.95. The third kappa shape index (κ3) is 3.07. The van der Waals surface area contributed by atoms with Gasteiger partial charge in [0.15, 0.2) is 11.5 Å². The van der Waals surface area contributed by atoms with Crippen LogP contribution in [0.2, 0.25) is 0 Å². The molecule has 5 rings (SSSR count). The Hall–Kier alpha value is -2.87. The molecule has 4 aromatic rings. The Kier molecular flexibility index (Phi) is 4.13. The van der Waals surface area contributed by atoms with Crippen molar-refractivity contribution < 1.29 is 4.39 Å². The maximum Gasteiger partial charge on any atom is 0.156 e. The van der Waals surface area contributed by atoms with Gasteiger partial charge in [-0.1, -0.05) is 0 Å². The zero-order valence-electron chi connectivity index (χ0n) is 17.1. The van der Waals surface area contributed by atoms with Gasteiger partial charge in [0.05, 0.1) is 23.6 Å². The summed E-state index contributed by atoms with van der Waals surface area (Å²) in [5.41, 5.74) is 4.97. The van der Waals surface area contributed by atoms with Gasteiger partial charge in [0.2, 0.25) is 0 Å². The molecule has 1 aliphatic rings. The molecule has 0 bridgehead atoms. The van der Waals surface area contributed by atoms with Crippen LogP contribution in [0, 0.1) is 19.7 Å². The minimum Gasteiger partial charge on any atom is -0.306 e. The molecule has 2 atom stereocenters. The number of fused-ring (bicyclic) bond motifs is 2. The normalized spacial score (nSPS) is 19.8. The van der Waals surface area contributed by atoms with Crippen LogP contribution >= 0.6 is 0 Å². The highest BCUT2D eigenvalue weighted by molar-refractivity contribution is 5.81. The first-order chi connectivity index (χ1) is 13.9. The van der Waals surface area contributed by atoms with Gasteiger partial charge in [-0.05, 0) is 71.0 Å². The Morgan fingerprint density at radius 3 is 2.66 bits per heavy atom. The van der Waals surface area contributed by atoms with Crippen LogP contribution in [0.25, 0.3) is 27.9 Å². The van der Waals surface area contributed by atoms with Crippen LogP contribution in [0.1, 0.15) is 36.6 Å². The molecule has 0 amide bonds. The molecule has 1 fully saturated rings. The number of hydrogen-bond acceptors (Lipinski definition) is 5. The van der Waals surface area contributed by atoms with E-state index in [0.29, 0.717) is 28.3 Å². The molecule has 29 heavy (non-hydrogen) atoms. The van der Waals surface area contributed by atoms with Gasteiger partial charge in [0, 0.05) is 11.6 Å². The molecule has 3 heterocycles. The molecule has 0 radical (unpaired) electrons. The Bertz CT molecular complexity index is 1220. The summed E-state index contributed by atoms with van der Waals surface area (Å²) in [6.45, 7) is 3.92. The lowest BCUT2D eigenvalue weighted by Gasteiger charge is -2.18. The molecule has 150 valence electrons. The van der Waals surface area contributed by atoms with E-state index in [9.17, 15) is 4.39 Å². The summed E-state index contributed by atoms with van der Waals surface area (Å²) in [5, 5.41) is 13.7. The monoisotopic (exact) mass is 393 g/mol. The highest BCUT2D eigenvalue weighted by Crippen LogP contribution is 2.33. The number of rotatable bonds is 3. The number of imidazole rings is 1. The molecule has 7 nitrogen and oxygen atoms in total. The van der Waals surface area contributed by atoms with Gasteiger partial charge in [0.25, 0.3) is 0 Å². The second-order valence-electron chi connectivity index (χ2n) is 8.29. The largest absolute Gasteiger partial charge is 0.306 e. The Labute approximate surface area is 168 Å². The van der Waals surface area contributed by atoms with Gasteiger partial charge >= 0.3 is 0 Å². The number of hydrogen-bond donors (Lipinski definition) is 0. The second-order valence-corrected chi connectivity index (χ2v) is 8.29. The van der Waals surface area contributed by atoms with Crippen molar-refractivity contribution in [3.8, 4) is 11.3 Å². The minimum atomic E-state index is -0.368. The summed E-state index contributed by atoms with van der Waals surface area (Å²) in [4.78, 5) is 8.43. The molecule has 3 aromatic heterocycles. The van der Waals surface area contributed by atoms with E-state index < -0.39 is 0 Å². The van der Waals surface area contributed by atoms with Crippen molar-refractivity contribution in [1.82, 2.24) is 34.5 Å². The maximum atomic E-state index is 14.9. The van der Waals surface area contributed by atoms with E-state index in [1.54, 1.807) is 9.31 Å². The molecule has 0 spiro atoms. The lowest BCUT2D eigenvalue weighted by Crippen LogP contribution is -2.25. The highest BCUT2D eigenvalue weighted by Gasteiger charge is 2.29. The average Bonchev–Trinajstić information content (AvgIpc) is 3.38. The molecular weight excluding hydrogens is 369 g/mol. The third-order valence-corrected chi connectivity index (χ3v) is 5.92. The molecule has 1 aliphatic carbocycles. The zero-order chi connectivity index (χ0) is 20.3. The fourth-order valence-electron chi connectivity index (χ4n) is 4.31. The first kappa shape index (κ1) is 18.2. The summed E-state index contributed by atoms with van der Waals surface area (Å²) in [7, 11) is 4.19. The molecule has 0 saturated heterocycles. The van der Waals surface area contributed by atoms with Crippen LogP contribution in [0.3, 0.4) is 0 Å². The summed E-state index contributed by atoms with van der Waals surface area (Å²) >= 11 is 0. The molecule has 2 unspecified atom stereocenters. The summed E-state index contributed by atoms with van der Waals surface area (Å²) in [5.74, 6) is -0.368. The lowest BCUT2D eigenvalue weighted by molar-refractivity contribution is 0.285. The van der Waals surface area contributed by atoms with Crippen molar-refractivity contribution in [1.29, 1.82) is 0 Å². The average molecular weight is 393 g/mol. The van der Waals surface area contributed by atoms with Crippen molar-refractivity contribution in [2.75, 3.05) is 14.1 Å². The summed E-state index contributed by atoms with van der Waals surface area (Å²) < 4.78 is 16.6. The number of benzene rings is 1. The van der Waals surface area contributed by atoms with Gasteiger partial charge in [-0.25, -0.2) is 13.9 Å². The minimum absolute atomic E-state index is 0.211. The molecule has 1 saturated carbocycles. The molecule has 0 N–H and O–H groups in total. The van der Waals surface area contributed by atoms with Crippen molar-refractivity contribution in [2.24, 2.45) is 0 Å². The van der Waals surface area contributed by atoms with Gasteiger partial charge in [-0.2, -0.15) is 15.0 Å². The molecular formula is C21H24FN7. The molecule has 8 heteroatoms. The van der Waals surface area contributed by atoms with Gasteiger partial charge < -0.3 is 4.90 Å². The van der Waals surface area contributed by atoms with Crippen molar-refractivity contribution in [3.63, 3.8) is 0 Å². The topological polar surface area (TPSA) is 64.1 Å². The summed E-state index contributed by atoms with van der Waals surface area (Å²) in [6.07, 6.45) is 4.98. The fourth-order valence-corrected chi connectivity index (χ4v) is 4.31. The second kappa shape index (κ2) is 6.59. The highest BCUT2D eigenvalue weighted by atomic mass is 19.1. The third-order valence-electron chi connectivity index (χ3n) is 5.92. The number of aromatic nitrogens is 6. The van der Waals surface area contributed by atoms with E-state index in [2.05, 4.69) is 39.3 Å². The van der Waals surface area contributed by atoms with Crippen LogP contribution in [0.4, 0.5) is 4.39 Å². The summed E-state index contributed by atoms with van der Waals surface area (Å²) in [6, 6.07) is 6.04. The van der Waals surface area contributed by atoms with E-state index in [-0.39, 0.29) is 11.9 Å². The standard InChI is InChI=1S/C21H24FN7/c1-12-7-18(24-28-11-13(2)23-21(12)28)14-8-17(22)20-19(9-14)25-29(26-20)16-6-5-15(10-16)27(3)4/h7-9,11,15-16H,5-6,10H2,1-4H3. The SMILES string of the molecule is Cc1cn2nc(-c3cc(F)c4nn(C5CCC(N(C)C)C5)nc4c3)cc(C)c2n1. The van der Waals surface area contributed by atoms with E-state index in [0.717, 1.165) is 36.2 Å². The van der Waals surface area contributed by atoms with E-state index in [1.807, 2.05) is 32.2 Å². The quantitative estimate of drug-likeness (QED) is 0.533. The number of nitrogens with zero attached hydrogens (tertiary/aromatic N) is 7. The van der Waals surface area contributed by atoms with Crippen LogP contribution in [-0.4, -0.2) is 54.6 Å². The van der Waals surface area contributed by atoms with Crippen LogP contribution in [0.15, 0.2) is 24.4 Å². The van der Waals surface area contributed by atoms with Gasteiger partial charge in [-0.15, -0.1) is 5.10 Å². The Balaban J connectivity index is 1.55. The Morgan fingerprint density at radius 1 is 1.07 bits per heavy atom. The fraction of sp³-hybridized carbons (Fsp3) is 0.429. The zero-order valence-corrected chi connectivity index (χ0v) is 17.1. The van der Waals surface area contributed by atoms with Crippen molar-refractivity contribution >= 4 is 16.7 Å². The van der Waals surface area contributed by atoms with Crippen molar-refractivity contribution in [2.45, 2.75) is 45.2 Å². The predicted molar refractivity (Wildman–Crippen MR) is 109 cm³/mol. The molecule has 1 aromatic carbocycles. The van der Waals surface area contributed by atoms with Crippen molar-refractivity contribution in [3.05, 3.63) is 41.5 Å². The van der Waals surface area contributed by atoms with Crippen LogP contribution in [0.5, 0.6) is 0 Å². The van der Waals surface area contributed by atoms with Crippen LogP contribution < -0.4 is 0 Å².